The molecule has 0 aliphatic carbocycles. The van der Waals surface area contributed by atoms with Crippen molar-refractivity contribution in [3.8, 4) is 5.75 Å². The van der Waals surface area contributed by atoms with E-state index in [1.165, 1.54) is 4.31 Å². The minimum Gasteiger partial charge on any atom is -0.494 e. The number of piperazine rings is 1. The molecule has 164 valence electrons. The highest BCUT2D eigenvalue weighted by atomic mass is 32.2. The Bertz CT molecular complexity index is 1000. The zero-order valence-electron chi connectivity index (χ0n) is 18.3. The van der Waals surface area contributed by atoms with E-state index in [1.54, 1.807) is 47.7 Å². The molecule has 3 rings (SSSR count). The van der Waals surface area contributed by atoms with E-state index < -0.39 is 10.0 Å². The summed E-state index contributed by atoms with van der Waals surface area (Å²) in [6.07, 6.45) is 0. The second kappa shape index (κ2) is 8.77. The van der Waals surface area contributed by atoms with Crippen LogP contribution in [0.4, 0.5) is 0 Å². The Balaban J connectivity index is 1.71. The normalized spacial score (nSPS) is 15.6. The van der Waals surface area contributed by atoms with E-state index in [9.17, 15) is 13.2 Å². The summed E-state index contributed by atoms with van der Waals surface area (Å²) in [5.74, 6) is 0.618. The first-order chi connectivity index (χ1) is 14.2. The lowest BCUT2D eigenvalue weighted by atomic mass is 10.2. The van der Waals surface area contributed by atoms with Gasteiger partial charge in [-0.25, -0.2) is 8.42 Å². The van der Waals surface area contributed by atoms with Crippen LogP contribution in [0.1, 0.15) is 48.6 Å². The largest absolute Gasteiger partial charge is 0.494 e. The van der Waals surface area contributed by atoms with Crippen molar-refractivity contribution in [3.05, 3.63) is 41.2 Å². The van der Waals surface area contributed by atoms with Crippen molar-refractivity contribution in [2.75, 3.05) is 32.8 Å². The first-order valence-corrected chi connectivity index (χ1v) is 11.7. The molecule has 0 atom stereocenters. The number of aryl methyl sites for hydroxylation is 1. The molecule has 1 amide bonds. The highest BCUT2D eigenvalue weighted by Crippen LogP contribution is 2.26. The third kappa shape index (κ3) is 4.22. The Kier molecular flexibility index (Phi) is 6.52. The summed E-state index contributed by atoms with van der Waals surface area (Å²) in [6, 6.07) is 7.11. The maximum atomic E-state index is 13.3. The van der Waals surface area contributed by atoms with E-state index in [4.69, 9.17) is 4.74 Å². The Morgan fingerprint density at radius 2 is 1.70 bits per heavy atom. The predicted molar refractivity (Wildman–Crippen MR) is 114 cm³/mol. The lowest BCUT2D eigenvalue weighted by Gasteiger charge is -2.34. The van der Waals surface area contributed by atoms with Gasteiger partial charge >= 0.3 is 0 Å². The quantitative estimate of drug-likeness (QED) is 0.698. The summed E-state index contributed by atoms with van der Waals surface area (Å²) >= 11 is 0. The minimum atomic E-state index is -3.67. The molecule has 1 saturated heterocycles. The van der Waals surface area contributed by atoms with Gasteiger partial charge in [-0.15, -0.1) is 0 Å². The average molecular weight is 435 g/mol. The van der Waals surface area contributed by atoms with Gasteiger partial charge in [0.05, 0.1) is 18.0 Å². The highest BCUT2D eigenvalue weighted by Gasteiger charge is 2.34. The standard InChI is InChI=1S/C21H30N4O4S/c1-6-29-19-9-7-18(8-10-19)21(26)23-11-13-24(14-12-23)30(27,28)20-16(4)22-25(15(2)3)17(20)5/h7-10,15H,6,11-14H2,1-5H3. The molecule has 2 aromatic rings. The summed E-state index contributed by atoms with van der Waals surface area (Å²) in [6.45, 7) is 11.2. The molecule has 1 aliphatic rings. The minimum absolute atomic E-state index is 0.0798. The Morgan fingerprint density at radius 1 is 1.10 bits per heavy atom. The van der Waals surface area contributed by atoms with Crippen LogP contribution in [0.25, 0.3) is 0 Å². The zero-order valence-corrected chi connectivity index (χ0v) is 19.1. The molecule has 0 N–H and O–H groups in total. The molecule has 0 radical (unpaired) electrons. The smallest absolute Gasteiger partial charge is 0.253 e. The number of hydrogen-bond donors (Lipinski definition) is 0. The number of sulfonamides is 1. The van der Waals surface area contributed by atoms with Crippen LogP contribution in [0.3, 0.4) is 0 Å². The highest BCUT2D eigenvalue weighted by molar-refractivity contribution is 7.89. The van der Waals surface area contributed by atoms with Crippen molar-refractivity contribution < 1.29 is 17.9 Å². The summed E-state index contributed by atoms with van der Waals surface area (Å²) in [5, 5.41) is 4.41. The lowest BCUT2D eigenvalue weighted by Crippen LogP contribution is -2.50. The third-order valence-corrected chi connectivity index (χ3v) is 7.44. The van der Waals surface area contributed by atoms with Gasteiger partial charge in [-0.2, -0.15) is 9.40 Å². The molecule has 2 heterocycles. The van der Waals surface area contributed by atoms with Gasteiger partial charge in [0, 0.05) is 37.8 Å². The molecule has 30 heavy (non-hydrogen) atoms. The van der Waals surface area contributed by atoms with E-state index in [1.807, 2.05) is 20.8 Å². The molecular weight excluding hydrogens is 404 g/mol. The molecule has 8 nitrogen and oxygen atoms in total. The van der Waals surface area contributed by atoms with Crippen LogP contribution in [0.15, 0.2) is 29.2 Å². The molecule has 1 fully saturated rings. The maximum absolute atomic E-state index is 13.3. The molecule has 0 unspecified atom stereocenters. The fourth-order valence-corrected chi connectivity index (χ4v) is 5.61. The van der Waals surface area contributed by atoms with E-state index in [0.29, 0.717) is 36.6 Å². The van der Waals surface area contributed by atoms with Crippen molar-refractivity contribution >= 4 is 15.9 Å². The Morgan fingerprint density at radius 3 is 2.20 bits per heavy atom. The summed E-state index contributed by atoms with van der Waals surface area (Å²) in [4.78, 5) is 14.8. The van der Waals surface area contributed by atoms with Gasteiger partial charge in [0.2, 0.25) is 10.0 Å². The summed E-state index contributed by atoms with van der Waals surface area (Å²) in [5.41, 5.74) is 1.73. The van der Waals surface area contributed by atoms with Crippen LogP contribution in [0.5, 0.6) is 5.75 Å². The third-order valence-electron chi connectivity index (χ3n) is 5.28. The average Bonchev–Trinajstić information content (AvgIpc) is 3.03. The Hall–Kier alpha value is -2.39. The van der Waals surface area contributed by atoms with E-state index >= 15 is 0 Å². The predicted octanol–water partition coefficient (Wildman–Crippen LogP) is 2.63. The van der Waals surface area contributed by atoms with Gasteiger partial charge in [0.15, 0.2) is 0 Å². The van der Waals surface area contributed by atoms with Crippen LogP contribution < -0.4 is 4.74 Å². The van der Waals surface area contributed by atoms with E-state index in [0.717, 1.165) is 5.75 Å². The molecule has 9 heteroatoms. The van der Waals surface area contributed by atoms with E-state index in [-0.39, 0.29) is 29.9 Å². The number of amides is 1. The Labute approximate surface area is 178 Å². The number of nitrogens with zero attached hydrogens (tertiary/aromatic N) is 4. The van der Waals surface area contributed by atoms with Crippen LogP contribution in [0, 0.1) is 13.8 Å². The van der Waals surface area contributed by atoms with Gasteiger partial charge < -0.3 is 9.64 Å². The SMILES string of the molecule is CCOc1ccc(C(=O)N2CCN(S(=O)(=O)c3c(C)nn(C(C)C)c3C)CC2)cc1. The fourth-order valence-electron chi connectivity index (χ4n) is 3.83. The van der Waals surface area contributed by atoms with Gasteiger partial charge in [-0.05, 0) is 58.9 Å². The number of rotatable bonds is 6. The molecule has 1 aromatic carbocycles. The second-order valence-corrected chi connectivity index (χ2v) is 9.57. The van der Waals surface area contributed by atoms with Crippen LogP contribution in [-0.4, -0.2) is 66.1 Å². The number of carbonyl (C=O) groups is 1. The summed E-state index contributed by atoms with van der Waals surface area (Å²) in [7, 11) is -3.67. The first kappa shape index (κ1) is 22.3. The second-order valence-electron chi connectivity index (χ2n) is 7.69. The number of hydrogen-bond acceptors (Lipinski definition) is 5. The van der Waals surface area contributed by atoms with Crippen LogP contribution in [-0.2, 0) is 10.0 Å². The number of ether oxygens (including phenoxy) is 1. The van der Waals surface area contributed by atoms with Crippen molar-refractivity contribution in [2.45, 2.75) is 45.6 Å². The summed E-state index contributed by atoms with van der Waals surface area (Å²) < 4.78 is 35.1. The van der Waals surface area contributed by atoms with Crippen molar-refractivity contribution in [1.29, 1.82) is 0 Å². The monoisotopic (exact) mass is 434 g/mol. The fraction of sp³-hybridized carbons (Fsp3) is 0.524. The zero-order chi connectivity index (χ0) is 22.1. The van der Waals surface area contributed by atoms with Crippen molar-refractivity contribution in [2.24, 2.45) is 0 Å². The first-order valence-electron chi connectivity index (χ1n) is 10.2. The van der Waals surface area contributed by atoms with Crippen molar-refractivity contribution in [3.63, 3.8) is 0 Å². The van der Waals surface area contributed by atoms with E-state index in [2.05, 4.69) is 5.10 Å². The molecule has 1 aromatic heterocycles. The number of carbonyl (C=O) groups excluding carboxylic acids is 1. The molecule has 0 bridgehead atoms. The number of benzene rings is 1. The molecular formula is C21H30N4O4S. The van der Waals surface area contributed by atoms with Crippen molar-refractivity contribution in [1.82, 2.24) is 19.0 Å². The molecule has 0 saturated carbocycles. The lowest BCUT2D eigenvalue weighted by molar-refractivity contribution is 0.0698. The van der Waals surface area contributed by atoms with Gasteiger partial charge in [-0.1, -0.05) is 0 Å². The number of aromatic nitrogens is 2. The molecule has 0 spiro atoms. The van der Waals surface area contributed by atoms with Gasteiger partial charge in [0.25, 0.3) is 5.91 Å². The maximum Gasteiger partial charge on any atom is 0.253 e. The van der Waals surface area contributed by atoms with Crippen LogP contribution in [0.2, 0.25) is 0 Å². The van der Waals surface area contributed by atoms with Gasteiger partial charge in [0.1, 0.15) is 10.6 Å². The van der Waals surface area contributed by atoms with Gasteiger partial charge in [-0.3, -0.25) is 9.48 Å². The topological polar surface area (TPSA) is 84.7 Å². The van der Waals surface area contributed by atoms with Crippen LogP contribution >= 0.6 is 0 Å². The molecule has 1 aliphatic heterocycles.